The Labute approximate surface area is 219 Å². The second-order valence-electron chi connectivity index (χ2n) is 9.76. The number of aliphatic hydroxyl groups excluding tert-OH is 1. The predicted molar refractivity (Wildman–Crippen MR) is 146 cm³/mol. The molecule has 0 aromatic heterocycles. The lowest BCUT2D eigenvalue weighted by molar-refractivity contribution is -0.175. The molecule has 4 aromatic carbocycles. The number of ether oxygens (including phenoxy) is 1. The summed E-state index contributed by atoms with van der Waals surface area (Å²) in [5.74, 6) is -0.464. The number of hydrogen-bond donors (Lipinski definition) is 1. The van der Waals surface area contributed by atoms with Crippen LogP contribution in [0.5, 0.6) is 0 Å². The van der Waals surface area contributed by atoms with Crippen molar-refractivity contribution in [2.45, 2.75) is 44.2 Å². The fraction of sp³-hybridized carbons (Fsp3) is 0.242. The van der Waals surface area contributed by atoms with Crippen molar-refractivity contribution in [3.05, 3.63) is 144 Å². The lowest BCUT2D eigenvalue weighted by atomic mass is 9.80. The van der Waals surface area contributed by atoms with Crippen LogP contribution in [0.15, 0.2) is 121 Å². The Balaban J connectivity index is 1.48. The smallest absolute Gasteiger partial charge is 0.229 e. The summed E-state index contributed by atoms with van der Waals surface area (Å²) in [6.07, 6.45) is -0.378. The number of hydrogen-bond acceptors (Lipinski definition) is 3. The van der Waals surface area contributed by atoms with Crippen LogP contribution in [0.1, 0.15) is 22.3 Å². The van der Waals surface area contributed by atoms with Gasteiger partial charge in [0, 0.05) is 6.54 Å². The van der Waals surface area contributed by atoms with Crippen LogP contribution in [-0.2, 0) is 35.5 Å². The quantitative estimate of drug-likeness (QED) is 0.339. The predicted octanol–water partition coefficient (Wildman–Crippen LogP) is 5.45. The molecular formula is C33H33NO3. The lowest BCUT2D eigenvalue weighted by Crippen LogP contribution is -2.63. The highest BCUT2D eigenvalue weighted by Crippen LogP contribution is 2.33. The average molecular weight is 492 g/mol. The minimum atomic E-state index is -0.834. The summed E-state index contributed by atoms with van der Waals surface area (Å²) >= 11 is 0. The fourth-order valence-corrected chi connectivity index (χ4v) is 5.27. The number of carbonyl (C=O) groups is 1. The third-order valence-electron chi connectivity index (χ3n) is 7.20. The van der Waals surface area contributed by atoms with Gasteiger partial charge in [0.2, 0.25) is 5.91 Å². The molecule has 4 aromatic rings. The largest absolute Gasteiger partial charge is 0.388 e. The van der Waals surface area contributed by atoms with Crippen LogP contribution in [0.25, 0.3) is 0 Å². The SMILES string of the molecule is O=C1[C@@H](Cc2ccccc2)[C@H](OCc2ccccc2)[C@@H](O)[C@@H](Cc2ccccc2)N1Cc1ccccc1. The van der Waals surface area contributed by atoms with Gasteiger partial charge < -0.3 is 14.7 Å². The molecule has 37 heavy (non-hydrogen) atoms. The Morgan fingerprint density at radius 3 is 1.62 bits per heavy atom. The lowest BCUT2D eigenvalue weighted by Gasteiger charge is -2.47. The monoisotopic (exact) mass is 491 g/mol. The second kappa shape index (κ2) is 12.0. The molecule has 0 spiro atoms. The van der Waals surface area contributed by atoms with Gasteiger partial charge in [-0.3, -0.25) is 4.79 Å². The topological polar surface area (TPSA) is 49.8 Å². The van der Waals surface area contributed by atoms with Gasteiger partial charge in [-0.2, -0.15) is 0 Å². The third-order valence-corrected chi connectivity index (χ3v) is 7.20. The van der Waals surface area contributed by atoms with E-state index in [1.807, 2.05) is 126 Å². The summed E-state index contributed by atoms with van der Waals surface area (Å²) in [7, 11) is 0. The van der Waals surface area contributed by atoms with Crippen molar-refractivity contribution in [2.75, 3.05) is 0 Å². The summed E-state index contributed by atoms with van der Waals surface area (Å²) in [5.41, 5.74) is 4.21. The highest BCUT2D eigenvalue weighted by molar-refractivity contribution is 5.81. The van der Waals surface area contributed by atoms with Crippen molar-refractivity contribution in [3.8, 4) is 0 Å². The molecule has 0 radical (unpaired) electrons. The molecule has 4 heteroatoms. The number of nitrogens with zero attached hydrogens (tertiary/aromatic N) is 1. The molecule has 0 unspecified atom stereocenters. The first-order chi connectivity index (χ1) is 18.2. The van der Waals surface area contributed by atoms with E-state index in [4.69, 9.17) is 4.74 Å². The maximum atomic E-state index is 14.2. The van der Waals surface area contributed by atoms with E-state index in [9.17, 15) is 9.90 Å². The molecule has 0 bridgehead atoms. The summed E-state index contributed by atoms with van der Waals surface area (Å²) in [5, 5.41) is 11.9. The van der Waals surface area contributed by atoms with Gasteiger partial charge >= 0.3 is 0 Å². The van der Waals surface area contributed by atoms with Gasteiger partial charge in [-0.25, -0.2) is 0 Å². The molecular weight excluding hydrogens is 458 g/mol. The first-order valence-electron chi connectivity index (χ1n) is 12.9. The Kier molecular flexibility index (Phi) is 8.09. The van der Waals surface area contributed by atoms with Crippen LogP contribution in [0.3, 0.4) is 0 Å². The van der Waals surface area contributed by atoms with Crippen LogP contribution in [-0.4, -0.2) is 34.2 Å². The van der Waals surface area contributed by atoms with E-state index >= 15 is 0 Å². The molecule has 1 saturated heterocycles. The summed E-state index contributed by atoms with van der Waals surface area (Å²) in [4.78, 5) is 16.1. The molecule has 1 aliphatic rings. The molecule has 188 valence electrons. The summed E-state index contributed by atoms with van der Waals surface area (Å²) in [6, 6.07) is 39.6. The van der Waals surface area contributed by atoms with E-state index in [0.717, 1.165) is 22.3 Å². The number of carbonyl (C=O) groups excluding carboxylic acids is 1. The van der Waals surface area contributed by atoms with E-state index in [1.165, 1.54) is 0 Å². The third kappa shape index (κ3) is 6.16. The molecule has 0 aliphatic carbocycles. The molecule has 4 atom stereocenters. The van der Waals surface area contributed by atoms with E-state index in [1.54, 1.807) is 0 Å². The number of piperidine rings is 1. The van der Waals surface area contributed by atoms with Crippen molar-refractivity contribution >= 4 is 5.91 Å². The molecule has 0 saturated carbocycles. The maximum absolute atomic E-state index is 14.2. The molecule has 1 aliphatic heterocycles. The van der Waals surface area contributed by atoms with Crippen molar-refractivity contribution in [1.82, 2.24) is 4.90 Å². The van der Waals surface area contributed by atoms with Crippen molar-refractivity contribution < 1.29 is 14.6 Å². The second-order valence-corrected chi connectivity index (χ2v) is 9.76. The first-order valence-corrected chi connectivity index (χ1v) is 12.9. The minimum absolute atomic E-state index is 0.0250. The fourth-order valence-electron chi connectivity index (χ4n) is 5.27. The molecule has 1 amide bonds. The van der Waals surface area contributed by atoms with Crippen LogP contribution in [0.2, 0.25) is 0 Å². The number of aliphatic hydroxyl groups is 1. The number of likely N-dealkylation sites (tertiary alicyclic amines) is 1. The Morgan fingerprint density at radius 2 is 1.08 bits per heavy atom. The maximum Gasteiger partial charge on any atom is 0.229 e. The van der Waals surface area contributed by atoms with E-state index < -0.39 is 24.2 Å². The van der Waals surface area contributed by atoms with Crippen LogP contribution in [0, 0.1) is 5.92 Å². The molecule has 1 fully saturated rings. The van der Waals surface area contributed by atoms with Gasteiger partial charge in [-0.15, -0.1) is 0 Å². The zero-order valence-corrected chi connectivity index (χ0v) is 20.9. The van der Waals surface area contributed by atoms with Crippen molar-refractivity contribution in [1.29, 1.82) is 0 Å². The van der Waals surface area contributed by atoms with E-state index in [0.29, 0.717) is 26.0 Å². The molecule has 1 heterocycles. The van der Waals surface area contributed by atoms with Crippen LogP contribution < -0.4 is 0 Å². The van der Waals surface area contributed by atoms with Gasteiger partial charge in [-0.05, 0) is 35.1 Å². The van der Waals surface area contributed by atoms with Crippen LogP contribution in [0.4, 0.5) is 0 Å². The molecule has 5 rings (SSSR count). The van der Waals surface area contributed by atoms with Gasteiger partial charge in [0.05, 0.1) is 24.7 Å². The Hall–Kier alpha value is -3.73. The number of amides is 1. The van der Waals surface area contributed by atoms with Crippen LogP contribution >= 0.6 is 0 Å². The van der Waals surface area contributed by atoms with E-state index in [2.05, 4.69) is 0 Å². The van der Waals surface area contributed by atoms with Gasteiger partial charge in [0.1, 0.15) is 6.10 Å². The minimum Gasteiger partial charge on any atom is -0.388 e. The van der Waals surface area contributed by atoms with E-state index in [-0.39, 0.29) is 5.91 Å². The van der Waals surface area contributed by atoms with Gasteiger partial charge in [0.25, 0.3) is 0 Å². The van der Waals surface area contributed by atoms with Gasteiger partial charge in [0.15, 0.2) is 0 Å². The molecule has 4 nitrogen and oxygen atoms in total. The normalized spacial score (nSPS) is 21.6. The standard InChI is InChI=1S/C33H33NO3/c35-31-30(22-26-15-7-2-8-16-26)34(23-27-17-9-3-10-18-27)33(36)29(21-25-13-5-1-6-14-25)32(31)37-24-28-19-11-4-12-20-28/h1-20,29-32,35H,21-24H2/t29-,30+,31-,32-/m0/s1. The van der Waals surface area contributed by atoms with Crippen molar-refractivity contribution in [2.24, 2.45) is 5.92 Å². The first kappa shape index (κ1) is 24.9. The summed E-state index contributed by atoms with van der Waals surface area (Å²) in [6.45, 7) is 0.794. The zero-order chi connectivity index (χ0) is 25.5. The van der Waals surface area contributed by atoms with Crippen molar-refractivity contribution in [3.63, 3.8) is 0 Å². The zero-order valence-electron chi connectivity index (χ0n) is 20.9. The number of benzene rings is 4. The average Bonchev–Trinajstić information content (AvgIpc) is 2.95. The number of rotatable bonds is 9. The highest BCUT2D eigenvalue weighted by atomic mass is 16.5. The Bertz CT molecular complexity index is 1250. The Morgan fingerprint density at radius 1 is 0.622 bits per heavy atom. The van der Waals surface area contributed by atoms with Gasteiger partial charge in [-0.1, -0.05) is 121 Å². The summed E-state index contributed by atoms with van der Waals surface area (Å²) < 4.78 is 6.41. The highest BCUT2D eigenvalue weighted by Gasteiger charge is 2.48. The molecule has 1 N–H and O–H groups in total.